The van der Waals surface area contributed by atoms with Crippen LogP contribution in [0.5, 0.6) is 0 Å². The predicted octanol–water partition coefficient (Wildman–Crippen LogP) is 3.64. The Bertz CT molecular complexity index is 588. The van der Waals surface area contributed by atoms with Crippen molar-refractivity contribution in [3.05, 3.63) is 21.1 Å². The summed E-state index contributed by atoms with van der Waals surface area (Å²) in [6.45, 7) is 9.18. The zero-order valence-electron chi connectivity index (χ0n) is 13.4. The van der Waals surface area contributed by atoms with Crippen molar-refractivity contribution in [3.8, 4) is 0 Å². The first-order chi connectivity index (χ1) is 9.81. The molecule has 7 heteroatoms. The molecule has 0 aliphatic rings. The Balaban J connectivity index is 2.06. The minimum atomic E-state index is 0.0401. The smallest absolute Gasteiger partial charge is 0.208 e. The van der Waals surface area contributed by atoms with Crippen molar-refractivity contribution >= 4 is 27.8 Å². The second-order valence-corrected chi connectivity index (χ2v) is 7.90. The minimum absolute atomic E-state index is 0.0401. The van der Waals surface area contributed by atoms with E-state index in [-0.39, 0.29) is 11.5 Å². The summed E-state index contributed by atoms with van der Waals surface area (Å²) < 4.78 is 5.29. The zero-order chi connectivity index (χ0) is 15.6. The van der Waals surface area contributed by atoms with Crippen LogP contribution in [0.25, 0.3) is 0 Å². The van der Waals surface area contributed by atoms with E-state index in [4.69, 9.17) is 4.74 Å². The van der Waals surface area contributed by atoms with Gasteiger partial charge < -0.3 is 9.64 Å². The van der Waals surface area contributed by atoms with Crippen LogP contribution in [0.4, 0.5) is 5.13 Å². The topological polar surface area (TPSA) is 51.1 Å². The summed E-state index contributed by atoms with van der Waals surface area (Å²) in [5.74, 6) is 0. The fourth-order valence-corrected chi connectivity index (χ4v) is 3.37. The van der Waals surface area contributed by atoms with E-state index < -0.39 is 0 Å². The van der Waals surface area contributed by atoms with Gasteiger partial charge in [0.2, 0.25) is 5.13 Å². The van der Waals surface area contributed by atoms with Gasteiger partial charge in [-0.15, -0.1) is 21.5 Å². The van der Waals surface area contributed by atoms with Gasteiger partial charge in [0.25, 0.3) is 0 Å². The molecule has 116 valence electrons. The quantitative estimate of drug-likeness (QED) is 0.839. The normalized spacial score (nSPS) is 13.4. The van der Waals surface area contributed by atoms with E-state index in [9.17, 15) is 0 Å². The molecule has 21 heavy (non-hydrogen) atoms. The van der Waals surface area contributed by atoms with Gasteiger partial charge in [-0.1, -0.05) is 32.1 Å². The third kappa shape index (κ3) is 3.99. The molecule has 0 saturated heterocycles. The first-order valence-corrected chi connectivity index (χ1v) is 8.53. The summed E-state index contributed by atoms with van der Waals surface area (Å²) in [7, 11) is 3.72. The third-order valence-corrected chi connectivity index (χ3v) is 5.57. The van der Waals surface area contributed by atoms with Crippen molar-refractivity contribution < 1.29 is 4.74 Å². The zero-order valence-corrected chi connectivity index (χ0v) is 15.0. The number of thiazole rings is 1. The number of ether oxygens (including phenoxy) is 1. The average molecular weight is 326 g/mol. The van der Waals surface area contributed by atoms with E-state index in [0.29, 0.717) is 0 Å². The number of hydrogen-bond acceptors (Lipinski definition) is 7. The molecule has 0 aliphatic heterocycles. The largest absolute Gasteiger partial charge is 0.375 e. The molecular weight excluding hydrogens is 304 g/mol. The van der Waals surface area contributed by atoms with Gasteiger partial charge in [-0.05, 0) is 6.92 Å². The van der Waals surface area contributed by atoms with Gasteiger partial charge in [-0.2, -0.15) is 0 Å². The van der Waals surface area contributed by atoms with E-state index in [2.05, 4.69) is 46.2 Å². The Morgan fingerprint density at radius 2 is 2.05 bits per heavy atom. The van der Waals surface area contributed by atoms with Gasteiger partial charge in [-0.3, -0.25) is 0 Å². The molecule has 0 fully saturated rings. The Morgan fingerprint density at radius 1 is 1.33 bits per heavy atom. The van der Waals surface area contributed by atoms with Crippen molar-refractivity contribution in [1.82, 2.24) is 15.2 Å². The highest BCUT2D eigenvalue weighted by molar-refractivity contribution is 7.15. The van der Waals surface area contributed by atoms with Crippen LogP contribution in [0, 0.1) is 0 Å². The second kappa shape index (κ2) is 6.37. The summed E-state index contributed by atoms with van der Waals surface area (Å²) in [5.41, 5.74) is 1.08. The molecule has 5 nitrogen and oxygen atoms in total. The SMILES string of the molecule is CO[C@H](C)c1nc(CN(C)c2nnc(C(C)(C)C)s2)cs1. The predicted molar refractivity (Wildman–Crippen MR) is 88.3 cm³/mol. The van der Waals surface area contributed by atoms with E-state index in [1.54, 1.807) is 29.8 Å². The van der Waals surface area contributed by atoms with Gasteiger partial charge in [0, 0.05) is 25.0 Å². The van der Waals surface area contributed by atoms with Crippen LogP contribution >= 0.6 is 22.7 Å². The lowest BCUT2D eigenvalue weighted by molar-refractivity contribution is 0.119. The molecule has 0 amide bonds. The maximum Gasteiger partial charge on any atom is 0.208 e. The van der Waals surface area contributed by atoms with Gasteiger partial charge in [0.15, 0.2) is 0 Å². The molecule has 2 aromatic heterocycles. The van der Waals surface area contributed by atoms with Gasteiger partial charge in [0.1, 0.15) is 16.1 Å². The molecule has 2 heterocycles. The lowest BCUT2D eigenvalue weighted by Crippen LogP contribution is -2.16. The molecule has 0 N–H and O–H groups in total. The van der Waals surface area contributed by atoms with Gasteiger partial charge in [-0.25, -0.2) is 4.98 Å². The molecule has 0 saturated carbocycles. The van der Waals surface area contributed by atoms with Crippen molar-refractivity contribution in [2.24, 2.45) is 0 Å². The number of aromatic nitrogens is 3. The Kier molecular flexibility index (Phi) is 4.95. The van der Waals surface area contributed by atoms with Crippen LogP contribution < -0.4 is 4.90 Å². The molecule has 0 radical (unpaired) electrons. The molecule has 1 atom stereocenters. The standard InChI is InChI=1S/C14H22N4OS2/c1-9(19-6)11-15-10(8-20-11)7-18(5)13-17-16-12(21-13)14(2,3)4/h8-9H,7H2,1-6H3/t9-/m1/s1. The monoisotopic (exact) mass is 326 g/mol. The Hall–Kier alpha value is -1.05. The van der Waals surface area contributed by atoms with E-state index in [1.165, 1.54) is 0 Å². The summed E-state index contributed by atoms with van der Waals surface area (Å²) in [6.07, 6.45) is 0.0445. The van der Waals surface area contributed by atoms with E-state index >= 15 is 0 Å². The number of nitrogens with zero attached hydrogens (tertiary/aromatic N) is 4. The lowest BCUT2D eigenvalue weighted by atomic mass is 9.98. The molecule has 0 unspecified atom stereocenters. The van der Waals surface area contributed by atoms with Gasteiger partial charge >= 0.3 is 0 Å². The fourth-order valence-electron chi connectivity index (χ4n) is 1.67. The molecule has 2 aromatic rings. The highest BCUT2D eigenvalue weighted by Gasteiger charge is 2.21. The molecule has 2 rings (SSSR count). The average Bonchev–Trinajstić information content (AvgIpc) is 3.05. The second-order valence-electron chi connectivity index (χ2n) is 6.05. The van der Waals surface area contributed by atoms with Crippen LogP contribution in [0.2, 0.25) is 0 Å². The van der Waals surface area contributed by atoms with Crippen molar-refractivity contribution in [1.29, 1.82) is 0 Å². The van der Waals surface area contributed by atoms with Crippen molar-refractivity contribution in [2.75, 3.05) is 19.1 Å². The molecule has 0 aliphatic carbocycles. The summed E-state index contributed by atoms with van der Waals surface area (Å²) >= 11 is 3.27. The van der Waals surface area contributed by atoms with Crippen molar-refractivity contribution in [3.63, 3.8) is 0 Å². The van der Waals surface area contributed by atoms with Crippen LogP contribution in [0.3, 0.4) is 0 Å². The highest BCUT2D eigenvalue weighted by atomic mass is 32.1. The first kappa shape index (κ1) is 16.3. The van der Waals surface area contributed by atoms with Crippen LogP contribution in [0.1, 0.15) is 49.5 Å². The van der Waals surface area contributed by atoms with Crippen LogP contribution in [-0.4, -0.2) is 29.3 Å². The van der Waals surface area contributed by atoms with Crippen molar-refractivity contribution in [2.45, 2.75) is 45.8 Å². The summed E-state index contributed by atoms with van der Waals surface area (Å²) in [5, 5.41) is 13.6. The summed E-state index contributed by atoms with van der Waals surface area (Å²) in [6, 6.07) is 0. The fraction of sp³-hybridized carbons (Fsp3) is 0.643. The molecule has 0 aromatic carbocycles. The minimum Gasteiger partial charge on any atom is -0.375 e. The maximum absolute atomic E-state index is 5.29. The Morgan fingerprint density at radius 3 is 2.62 bits per heavy atom. The molecule has 0 bridgehead atoms. The lowest BCUT2D eigenvalue weighted by Gasteiger charge is -2.14. The highest BCUT2D eigenvalue weighted by Crippen LogP contribution is 2.30. The maximum atomic E-state index is 5.29. The first-order valence-electron chi connectivity index (χ1n) is 6.83. The third-order valence-electron chi connectivity index (χ3n) is 3.05. The van der Waals surface area contributed by atoms with Crippen LogP contribution in [-0.2, 0) is 16.7 Å². The molecule has 0 spiro atoms. The number of hydrogen-bond donors (Lipinski definition) is 0. The van der Waals surface area contributed by atoms with E-state index in [0.717, 1.165) is 27.4 Å². The van der Waals surface area contributed by atoms with E-state index in [1.807, 2.05) is 14.0 Å². The molecular formula is C14H22N4OS2. The Labute approximate surface area is 134 Å². The van der Waals surface area contributed by atoms with Gasteiger partial charge in [0.05, 0.1) is 12.2 Å². The number of methoxy groups -OCH3 is 1. The summed E-state index contributed by atoms with van der Waals surface area (Å²) in [4.78, 5) is 6.70. The number of anilines is 1. The van der Waals surface area contributed by atoms with Crippen LogP contribution in [0.15, 0.2) is 5.38 Å². The number of rotatable bonds is 5.